The highest BCUT2D eigenvalue weighted by molar-refractivity contribution is 7.89. The van der Waals surface area contributed by atoms with Crippen LogP contribution >= 0.6 is 23.2 Å². The molecular formula is C17H23Cl2N3O3S. The van der Waals surface area contributed by atoms with Crippen LogP contribution in [0.5, 0.6) is 0 Å². The Labute approximate surface area is 164 Å². The Morgan fingerprint density at radius 3 is 2.62 bits per heavy atom. The van der Waals surface area contributed by atoms with Crippen LogP contribution in [0.1, 0.15) is 43.0 Å². The van der Waals surface area contributed by atoms with E-state index in [1.165, 1.54) is 12.1 Å². The number of carbonyl (C=O) groups excluding carboxylic acids is 1. The molecule has 1 aliphatic carbocycles. The molecule has 1 saturated carbocycles. The van der Waals surface area contributed by atoms with Gasteiger partial charge in [-0.3, -0.25) is 9.69 Å². The molecule has 1 saturated heterocycles. The van der Waals surface area contributed by atoms with Crippen molar-refractivity contribution >= 4 is 39.1 Å². The summed E-state index contributed by atoms with van der Waals surface area (Å²) in [7, 11) is -3.77. The zero-order chi connectivity index (χ0) is 18.9. The molecule has 2 aliphatic rings. The normalized spacial score (nSPS) is 21.1. The summed E-state index contributed by atoms with van der Waals surface area (Å²) in [6, 6.07) is 2.82. The number of benzene rings is 1. The highest BCUT2D eigenvalue weighted by Gasteiger charge is 2.30. The molecule has 26 heavy (non-hydrogen) atoms. The molecule has 1 aliphatic heterocycles. The molecule has 0 bridgehead atoms. The van der Waals surface area contributed by atoms with E-state index in [-0.39, 0.29) is 26.5 Å². The third-order valence-electron chi connectivity index (χ3n) is 4.86. The molecule has 144 valence electrons. The standard InChI is InChI=1S/C17H23Cl2N3O3S/c1-2-22-7-3-4-12(22)10-20-17(23)13-8-16(15(19)9-14(13)18)26(24,25)21-11-5-6-11/h8-9,11-12,21H,2-7,10H2,1H3,(H,20,23). The van der Waals surface area contributed by atoms with E-state index in [2.05, 4.69) is 21.9 Å². The van der Waals surface area contributed by atoms with Gasteiger partial charge in [0.05, 0.1) is 15.6 Å². The van der Waals surface area contributed by atoms with E-state index in [0.717, 1.165) is 38.8 Å². The summed E-state index contributed by atoms with van der Waals surface area (Å²) in [6.45, 7) is 4.58. The predicted molar refractivity (Wildman–Crippen MR) is 102 cm³/mol. The molecule has 1 amide bonds. The molecule has 1 unspecified atom stereocenters. The second kappa shape index (κ2) is 8.02. The van der Waals surface area contributed by atoms with Crippen molar-refractivity contribution in [2.45, 2.75) is 49.6 Å². The Balaban J connectivity index is 1.76. The predicted octanol–water partition coefficient (Wildman–Crippen LogP) is 2.65. The summed E-state index contributed by atoms with van der Waals surface area (Å²) in [4.78, 5) is 14.8. The van der Waals surface area contributed by atoms with Crippen LogP contribution in [-0.4, -0.2) is 50.9 Å². The lowest BCUT2D eigenvalue weighted by molar-refractivity contribution is 0.0941. The Morgan fingerprint density at radius 2 is 1.96 bits per heavy atom. The number of nitrogens with one attached hydrogen (secondary N) is 2. The fourth-order valence-corrected chi connectivity index (χ4v) is 5.41. The van der Waals surface area contributed by atoms with Gasteiger partial charge in [-0.2, -0.15) is 0 Å². The minimum absolute atomic E-state index is 0.00708. The van der Waals surface area contributed by atoms with Crippen LogP contribution in [0.3, 0.4) is 0 Å². The van der Waals surface area contributed by atoms with E-state index in [1.54, 1.807) is 0 Å². The van der Waals surface area contributed by atoms with Crippen LogP contribution in [0.4, 0.5) is 0 Å². The summed E-state index contributed by atoms with van der Waals surface area (Å²) < 4.78 is 27.5. The summed E-state index contributed by atoms with van der Waals surface area (Å²) in [5, 5.41) is 3.02. The first kappa shape index (κ1) is 19.9. The van der Waals surface area contributed by atoms with E-state index in [9.17, 15) is 13.2 Å². The summed E-state index contributed by atoms with van der Waals surface area (Å²) in [6.07, 6.45) is 3.78. The van der Waals surface area contributed by atoms with Gasteiger partial charge in [0, 0.05) is 18.6 Å². The summed E-state index contributed by atoms with van der Waals surface area (Å²) in [5.74, 6) is -0.391. The maximum Gasteiger partial charge on any atom is 0.252 e. The number of nitrogens with zero attached hydrogens (tertiary/aromatic N) is 1. The first-order valence-corrected chi connectivity index (χ1v) is 11.1. The molecule has 2 N–H and O–H groups in total. The molecular weight excluding hydrogens is 397 g/mol. The first-order valence-electron chi connectivity index (χ1n) is 8.85. The topological polar surface area (TPSA) is 78.5 Å². The SMILES string of the molecule is CCN1CCCC1CNC(=O)c1cc(S(=O)(=O)NC2CC2)c(Cl)cc1Cl. The smallest absolute Gasteiger partial charge is 0.252 e. The van der Waals surface area contributed by atoms with Crippen LogP contribution in [0.25, 0.3) is 0 Å². The first-order chi connectivity index (χ1) is 12.3. The van der Waals surface area contributed by atoms with Gasteiger partial charge in [-0.15, -0.1) is 0 Å². The van der Waals surface area contributed by atoms with Gasteiger partial charge < -0.3 is 5.32 Å². The van der Waals surface area contributed by atoms with Gasteiger partial charge in [-0.05, 0) is 50.9 Å². The number of likely N-dealkylation sites (N-methyl/N-ethyl adjacent to an activating group) is 1. The zero-order valence-electron chi connectivity index (χ0n) is 14.6. The Morgan fingerprint density at radius 1 is 1.23 bits per heavy atom. The monoisotopic (exact) mass is 419 g/mol. The lowest BCUT2D eigenvalue weighted by Crippen LogP contribution is -2.40. The Bertz CT molecular complexity index is 797. The lowest BCUT2D eigenvalue weighted by atomic mass is 10.2. The van der Waals surface area contributed by atoms with Crippen LogP contribution in [0.15, 0.2) is 17.0 Å². The average molecular weight is 420 g/mol. The van der Waals surface area contributed by atoms with Crippen molar-refractivity contribution in [1.82, 2.24) is 14.9 Å². The number of carbonyl (C=O) groups is 1. The van der Waals surface area contributed by atoms with Crippen molar-refractivity contribution < 1.29 is 13.2 Å². The van der Waals surface area contributed by atoms with Gasteiger partial charge in [-0.25, -0.2) is 13.1 Å². The van der Waals surface area contributed by atoms with Crippen molar-refractivity contribution in [1.29, 1.82) is 0 Å². The summed E-state index contributed by atoms with van der Waals surface area (Å²) in [5.41, 5.74) is 0.119. The number of likely N-dealkylation sites (tertiary alicyclic amines) is 1. The number of halogens is 2. The quantitative estimate of drug-likeness (QED) is 0.711. The Hall–Kier alpha value is -0.860. The van der Waals surface area contributed by atoms with E-state index < -0.39 is 15.9 Å². The molecule has 6 nitrogen and oxygen atoms in total. The average Bonchev–Trinajstić information content (AvgIpc) is 3.25. The summed E-state index contributed by atoms with van der Waals surface area (Å²) >= 11 is 12.2. The molecule has 2 fully saturated rings. The molecule has 0 radical (unpaired) electrons. The number of hydrogen-bond acceptors (Lipinski definition) is 4. The van der Waals surface area contributed by atoms with Gasteiger partial charge >= 0.3 is 0 Å². The number of amides is 1. The number of hydrogen-bond donors (Lipinski definition) is 2. The van der Waals surface area contributed by atoms with E-state index in [0.29, 0.717) is 12.6 Å². The van der Waals surface area contributed by atoms with Gasteiger partial charge in [0.1, 0.15) is 4.90 Å². The third kappa shape index (κ3) is 4.51. The molecule has 0 aromatic heterocycles. The van der Waals surface area contributed by atoms with E-state index in [4.69, 9.17) is 23.2 Å². The van der Waals surface area contributed by atoms with Gasteiger partial charge in [0.2, 0.25) is 10.0 Å². The highest BCUT2D eigenvalue weighted by atomic mass is 35.5. The van der Waals surface area contributed by atoms with E-state index >= 15 is 0 Å². The van der Waals surface area contributed by atoms with Crippen molar-refractivity contribution in [2.75, 3.05) is 19.6 Å². The molecule has 3 rings (SSSR count). The third-order valence-corrected chi connectivity index (χ3v) is 7.16. The highest BCUT2D eigenvalue weighted by Crippen LogP contribution is 2.30. The van der Waals surface area contributed by atoms with E-state index in [1.807, 2.05) is 0 Å². The molecule has 1 atom stereocenters. The second-order valence-corrected chi connectivity index (χ2v) is 9.29. The number of sulfonamides is 1. The van der Waals surface area contributed by atoms with Crippen LogP contribution in [0, 0.1) is 0 Å². The molecule has 1 heterocycles. The fourth-order valence-electron chi connectivity index (χ4n) is 3.24. The minimum Gasteiger partial charge on any atom is -0.350 e. The van der Waals surface area contributed by atoms with Crippen molar-refractivity contribution in [3.63, 3.8) is 0 Å². The van der Waals surface area contributed by atoms with Crippen LogP contribution in [0.2, 0.25) is 10.0 Å². The Kier molecular flexibility index (Phi) is 6.14. The van der Waals surface area contributed by atoms with Gasteiger partial charge in [-0.1, -0.05) is 30.1 Å². The van der Waals surface area contributed by atoms with Crippen molar-refractivity contribution in [3.8, 4) is 0 Å². The zero-order valence-corrected chi connectivity index (χ0v) is 16.9. The molecule has 9 heteroatoms. The molecule has 1 aromatic rings. The maximum atomic E-state index is 12.6. The van der Waals surface area contributed by atoms with Crippen LogP contribution < -0.4 is 10.0 Å². The van der Waals surface area contributed by atoms with Crippen molar-refractivity contribution in [3.05, 3.63) is 27.7 Å². The second-order valence-electron chi connectivity index (χ2n) is 6.79. The van der Waals surface area contributed by atoms with Gasteiger partial charge in [0.25, 0.3) is 5.91 Å². The van der Waals surface area contributed by atoms with Gasteiger partial charge in [0.15, 0.2) is 0 Å². The minimum atomic E-state index is -3.77. The fraction of sp³-hybridized carbons (Fsp3) is 0.588. The molecule has 1 aromatic carbocycles. The van der Waals surface area contributed by atoms with Crippen molar-refractivity contribution in [2.24, 2.45) is 0 Å². The lowest BCUT2D eigenvalue weighted by Gasteiger charge is -2.23. The molecule has 0 spiro atoms. The van der Waals surface area contributed by atoms with Crippen LogP contribution in [-0.2, 0) is 10.0 Å². The number of rotatable bonds is 7. The largest absolute Gasteiger partial charge is 0.350 e. The maximum absolute atomic E-state index is 12.6.